The summed E-state index contributed by atoms with van der Waals surface area (Å²) in [6.07, 6.45) is 3.20. The van der Waals surface area contributed by atoms with Gasteiger partial charge in [0, 0.05) is 6.26 Å². The predicted octanol–water partition coefficient (Wildman–Crippen LogP) is 2.24. The molecule has 5 heteroatoms. The molecule has 0 saturated carbocycles. The lowest BCUT2D eigenvalue weighted by Gasteiger charge is -2.15. The van der Waals surface area contributed by atoms with Crippen LogP contribution in [-0.2, 0) is 9.84 Å². The third-order valence-corrected chi connectivity index (χ3v) is 3.54. The van der Waals surface area contributed by atoms with Crippen molar-refractivity contribution in [3.63, 3.8) is 0 Å². The molecule has 1 unspecified atom stereocenters. The first-order valence-electron chi connectivity index (χ1n) is 5.60. The van der Waals surface area contributed by atoms with Gasteiger partial charge < -0.3 is 10.5 Å². The van der Waals surface area contributed by atoms with Gasteiger partial charge in [-0.25, -0.2) is 8.42 Å². The van der Waals surface area contributed by atoms with Crippen LogP contribution in [0.4, 0.5) is 5.69 Å². The van der Waals surface area contributed by atoms with Gasteiger partial charge in [-0.1, -0.05) is 13.3 Å². The minimum atomic E-state index is -3.22. The van der Waals surface area contributed by atoms with Crippen molar-refractivity contribution in [2.45, 2.75) is 37.7 Å². The highest BCUT2D eigenvalue weighted by Crippen LogP contribution is 2.26. The quantitative estimate of drug-likeness (QED) is 0.821. The molecule has 0 aliphatic heterocycles. The van der Waals surface area contributed by atoms with Crippen LogP contribution in [0.2, 0.25) is 0 Å². The monoisotopic (exact) mass is 257 g/mol. The minimum Gasteiger partial charge on any atom is -0.489 e. The molecular formula is C12H19NO3S. The van der Waals surface area contributed by atoms with Gasteiger partial charge >= 0.3 is 0 Å². The Morgan fingerprint density at radius 2 is 2.06 bits per heavy atom. The summed E-state index contributed by atoms with van der Waals surface area (Å²) >= 11 is 0. The fourth-order valence-corrected chi connectivity index (χ4v) is 2.20. The van der Waals surface area contributed by atoms with Crippen molar-refractivity contribution in [3.05, 3.63) is 18.2 Å². The molecule has 0 aliphatic carbocycles. The molecule has 1 aromatic carbocycles. The maximum Gasteiger partial charge on any atom is 0.175 e. The number of nitrogens with two attached hydrogens (primary N) is 1. The SMILES string of the molecule is CCCC(C)Oc1ccc(S(C)(=O)=O)cc1N. The van der Waals surface area contributed by atoms with E-state index in [-0.39, 0.29) is 11.0 Å². The molecule has 0 saturated heterocycles. The first kappa shape index (κ1) is 13.8. The topological polar surface area (TPSA) is 69.4 Å². The van der Waals surface area contributed by atoms with Crippen LogP contribution in [0.15, 0.2) is 23.1 Å². The zero-order valence-electron chi connectivity index (χ0n) is 10.4. The third-order valence-electron chi connectivity index (χ3n) is 2.43. The van der Waals surface area contributed by atoms with Crippen LogP contribution < -0.4 is 10.5 Å². The Morgan fingerprint density at radius 1 is 1.41 bits per heavy atom. The zero-order chi connectivity index (χ0) is 13.1. The summed E-state index contributed by atoms with van der Waals surface area (Å²) in [5.41, 5.74) is 6.13. The van der Waals surface area contributed by atoms with Gasteiger partial charge in [0.25, 0.3) is 0 Å². The number of nitrogen functional groups attached to an aromatic ring is 1. The number of anilines is 1. The van der Waals surface area contributed by atoms with Crippen LogP contribution in [0.1, 0.15) is 26.7 Å². The van der Waals surface area contributed by atoms with E-state index in [0.29, 0.717) is 11.4 Å². The predicted molar refractivity (Wildman–Crippen MR) is 69.0 cm³/mol. The van der Waals surface area contributed by atoms with Gasteiger partial charge in [-0.3, -0.25) is 0 Å². The molecule has 1 rings (SSSR count). The van der Waals surface area contributed by atoms with E-state index in [9.17, 15) is 8.42 Å². The molecule has 0 bridgehead atoms. The zero-order valence-corrected chi connectivity index (χ0v) is 11.3. The second kappa shape index (κ2) is 5.40. The molecule has 1 atom stereocenters. The molecular weight excluding hydrogens is 238 g/mol. The Kier molecular flexibility index (Phi) is 4.40. The van der Waals surface area contributed by atoms with Crippen LogP contribution in [0.25, 0.3) is 0 Å². The summed E-state index contributed by atoms with van der Waals surface area (Å²) in [7, 11) is -3.22. The first-order chi connectivity index (χ1) is 7.84. The van der Waals surface area contributed by atoms with Gasteiger partial charge in [-0.15, -0.1) is 0 Å². The van der Waals surface area contributed by atoms with Crippen molar-refractivity contribution < 1.29 is 13.2 Å². The minimum absolute atomic E-state index is 0.0754. The van der Waals surface area contributed by atoms with E-state index in [1.807, 2.05) is 6.92 Å². The lowest BCUT2D eigenvalue weighted by Crippen LogP contribution is -2.12. The van der Waals surface area contributed by atoms with Gasteiger partial charge in [0.15, 0.2) is 9.84 Å². The Balaban J connectivity index is 2.91. The van der Waals surface area contributed by atoms with Crippen LogP contribution in [0, 0.1) is 0 Å². The van der Waals surface area contributed by atoms with Gasteiger partial charge in [0.1, 0.15) is 5.75 Å². The number of benzene rings is 1. The summed E-state index contributed by atoms with van der Waals surface area (Å²) < 4.78 is 28.3. The maximum absolute atomic E-state index is 11.3. The van der Waals surface area contributed by atoms with E-state index in [0.717, 1.165) is 19.1 Å². The van der Waals surface area contributed by atoms with E-state index in [1.165, 1.54) is 12.1 Å². The molecule has 0 heterocycles. The molecule has 0 radical (unpaired) electrons. The molecule has 0 amide bonds. The Labute approximate surface area is 103 Å². The second-order valence-electron chi connectivity index (χ2n) is 4.19. The average Bonchev–Trinajstić information content (AvgIpc) is 2.20. The van der Waals surface area contributed by atoms with Gasteiger partial charge in [0.05, 0.1) is 16.7 Å². The fraction of sp³-hybridized carbons (Fsp3) is 0.500. The van der Waals surface area contributed by atoms with Crippen LogP contribution in [0.5, 0.6) is 5.75 Å². The molecule has 2 N–H and O–H groups in total. The smallest absolute Gasteiger partial charge is 0.175 e. The number of sulfone groups is 1. The van der Waals surface area contributed by atoms with Crippen molar-refractivity contribution in [3.8, 4) is 5.75 Å². The molecule has 0 fully saturated rings. The summed E-state index contributed by atoms with van der Waals surface area (Å²) in [5, 5.41) is 0. The lowest BCUT2D eigenvalue weighted by atomic mass is 10.2. The summed E-state index contributed by atoms with van der Waals surface area (Å²) in [6, 6.07) is 4.56. The van der Waals surface area contributed by atoms with Crippen LogP contribution in [-0.4, -0.2) is 20.8 Å². The first-order valence-corrected chi connectivity index (χ1v) is 7.50. The highest BCUT2D eigenvalue weighted by Gasteiger charge is 2.11. The maximum atomic E-state index is 11.3. The van der Waals surface area contributed by atoms with Gasteiger partial charge in [0.2, 0.25) is 0 Å². The summed E-state index contributed by atoms with van der Waals surface area (Å²) in [5.74, 6) is 0.540. The molecule has 17 heavy (non-hydrogen) atoms. The second-order valence-corrected chi connectivity index (χ2v) is 6.20. The van der Waals surface area contributed by atoms with Gasteiger partial charge in [-0.05, 0) is 31.5 Å². The highest BCUT2D eigenvalue weighted by atomic mass is 32.2. The molecule has 96 valence electrons. The van der Waals surface area contributed by atoms with E-state index >= 15 is 0 Å². The van der Waals surface area contributed by atoms with E-state index in [4.69, 9.17) is 10.5 Å². The number of ether oxygens (including phenoxy) is 1. The average molecular weight is 257 g/mol. The van der Waals surface area contributed by atoms with Crippen LogP contribution >= 0.6 is 0 Å². The fourth-order valence-electron chi connectivity index (χ4n) is 1.55. The largest absolute Gasteiger partial charge is 0.489 e. The summed E-state index contributed by atoms with van der Waals surface area (Å²) in [6.45, 7) is 4.05. The van der Waals surface area contributed by atoms with E-state index in [1.54, 1.807) is 6.07 Å². The highest BCUT2D eigenvalue weighted by molar-refractivity contribution is 7.90. The molecule has 0 aliphatic rings. The Bertz CT molecular complexity index is 483. The number of rotatable bonds is 5. The summed E-state index contributed by atoms with van der Waals surface area (Å²) in [4.78, 5) is 0.213. The van der Waals surface area contributed by atoms with Crippen molar-refractivity contribution in [2.24, 2.45) is 0 Å². The van der Waals surface area contributed by atoms with E-state index in [2.05, 4.69) is 6.92 Å². The van der Waals surface area contributed by atoms with Crippen LogP contribution in [0.3, 0.4) is 0 Å². The Morgan fingerprint density at radius 3 is 2.53 bits per heavy atom. The molecule has 4 nitrogen and oxygen atoms in total. The van der Waals surface area contributed by atoms with Crippen molar-refractivity contribution in [1.82, 2.24) is 0 Å². The number of hydrogen-bond acceptors (Lipinski definition) is 4. The molecule has 0 aromatic heterocycles. The molecule has 0 spiro atoms. The third kappa shape index (κ3) is 3.93. The standard InChI is InChI=1S/C12H19NO3S/c1-4-5-9(2)16-12-7-6-10(8-11(12)13)17(3,14)15/h6-9H,4-5,13H2,1-3H3. The van der Waals surface area contributed by atoms with E-state index < -0.39 is 9.84 Å². The lowest BCUT2D eigenvalue weighted by molar-refractivity contribution is 0.211. The Hall–Kier alpha value is -1.23. The van der Waals surface area contributed by atoms with Gasteiger partial charge in [-0.2, -0.15) is 0 Å². The normalized spacial score (nSPS) is 13.4. The number of hydrogen-bond donors (Lipinski definition) is 1. The van der Waals surface area contributed by atoms with Crippen molar-refractivity contribution in [2.75, 3.05) is 12.0 Å². The van der Waals surface area contributed by atoms with Crippen molar-refractivity contribution >= 4 is 15.5 Å². The molecule has 1 aromatic rings. The van der Waals surface area contributed by atoms with Crippen molar-refractivity contribution in [1.29, 1.82) is 0 Å².